The van der Waals surface area contributed by atoms with Gasteiger partial charge in [-0.2, -0.15) is 0 Å². The number of amides is 1. The monoisotopic (exact) mass is 390 g/mol. The van der Waals surface area contributed by atoms with Gasteiger partial charge in [-0.15, -0.1) is 0 Å². The predicted molar refractivity (Wildman–Crippen MR) is 106 cm³/mol. The molecule has 1 aromatic carbocycles. The Morgan fingerprint density at radius 1 is 1.25 bits per heavy atom. The first-order chi connectivity index (χ1) is 13.0. The highest BCUT2D eigenvalue weighted by atomic mass is 16.5. The molecule has 0 saturated carbocycles. The van der Waals surface area contributed by atoms with E-state index in [0.29, 0.717) is 24.3 Å². The van der Waals surface area contributed by atoms with E-state index in [-0.39, 0.29) is 17.1 Å². The number of benzene rings is 1. The molecule has 2 rings (SSSR count). The summed E-state index contributed by atoms with van der Waals surface area (Å²) in [6.45, 7) is 6.37. The number of Topliss-reactive ketones (excluding diaryl/α,β-unsaturated/α-hetero) is 1. The fourth-order valence-electron chi connectivity index (χ4n) is 3.30. The topological polar surface area (TPSA) is 90.3 Å². The summed E-state index contributed by atoms with van der Waals surface area (Å²) >= 11 is 0. The number of aliphatic hydroxyl groups excluding tert-OH is 1. The first-order valence-electron chi connectivity index (χ1n) is 9.29. The minimum Gasteiger partial charge on any atom is -0.504 e. The lowest BCUT2D eigenvalue weighted by molar-refractivity contribution is -0.129. The smallest absolute Gasteiger partial charge is 0.290 e. The highest BCUT2D eigenvalue weighted by Gasteiger charge is 2.45. The van der Waals surface area contributed by atoms with Gasteiger partial charge in [-0.25, -0.2) is 0 Å². The number of rotatable bonds is 7. The lowest BCUT2D eigenvalue weighted by atomic mass is 9.82. The second-order valence-electron chi connectivity index (χ2n) is 8.33. The average molecular weight is 390 g/mol. The van der Waals surface area contributed by atoms with E-state index >= 15 is 0 Å². The summed E-state index contributed by atoms with van der Waals surface area (Å²) in [6.07, 6.45) is 0.682. The normalized spacial score (nSPS) is 17.6. The van der Waals surface area contributed by atoms with Crippen molar-refractivity contribution in [3.63, 3.8) is 0 Å². The van der Waals surface area contributed by atoms with Gasteiger partial charge in [-0.3, -0.25) is 9.59 Å². The summed E-state index contributed by atoms with van der Waals surface area (Å²) in [5, 5.41) is 20.7. The van der Waals surface area contributed by atoms with Crippen LogP contribution in [0.25, 0.3) is 0 Å². The van der Waals surface area contributed by atoms with E-state index < -0.39 is 23.1 Å². The molecule has 7 nitrogen and oxygen atoms in total. The summed E-state index contributed by atoms with van der Waals surface area (Å²) in [4.78, 5) is 29.3. The number of nitrogens with zero attached hydrogens (tertiary/aromatic N) is 2. The Morgan fingerprint density at radius 2 is 1.89 bits per heavy atom. The molecule has 0 aliphatic carbocycles. The van der Waals surface area contributed by atoms with Crippen LogP contribution in [-0.2, 0) is 9.59 Å². The van der Waals surface area contributed by atoms with Crippen molar-refractivity contribution in [3.05, 3.63) is 35.1 Å². The van der Waals surface area contributed by atoms with Gasteiger partial charge in [0.1, 0.15) is 0 Å². The van der Waals surface area contributed by atoms with Crippen LogP contribution < -0.4 is 4.74 Å². The molecule has 1 aliphatic heterocycles. The largest absolute Gasteiger partial charge is 0.504 e. The Balaban J connectivity index is 2.51. The molecule has 154 valence electrons. The molecular weight excluding hydrogens is 360 g/mol. The maximum atomic E-state index is 13.1. The second kappa shape index (κ2) is 8.22. The number of methoxy groups -OCH3 is 1. The van der Waals surface area contributed by atoms with Gasteiger partial charge in [0.25, 0.3) is 5.91 Å². The molecule has 1 heterocycles. The number of carbonyl (C=O) groups excluding carboxylic acids is 2. The molecule has 0 radical (unpaired) electrons. The zero-order valence-corrected chi connectivity index (χ0v) is 17.4. The van der Waals surface area contributed by atoms with Crippen molar-refractivity contribution in [1.82, 2.24) is 9.80 Å². The van der Waals surface area contributed by atoms with E-state index in [9.17, 15) is 19.8 Å². The molecule has 28 heavy (non-hydrogen) atoms. The van der Waals surface area contributed by atoms with Crippen molar-refractivity contribution in [1.29, 1.82) is 0 Å². The fourth-order valence-corrected chi connectivity index (χ4v) is 3.30. The minimum atomic E-state index is -0.768. The SMILES string of the molecule is COc1ccc(C2C(C(=O)C(C)(C)C)=C(O)C(=O)N2CCCN(C)C)cc1O. The summed E-state index contributed by atoms with van der Waals surface area (Å²) < 4.78 is 5.09. The molecule has 0 saturated heterocycles. The average Bonchev–Trinajstić information content (AvgIpc) is 2.84. The standard InChI is InChI=1S/C21H30N2O5/c1-21(2,3)19(26)16-17(13-8-9-15(28-6)14(24)12-13)23(20(27)18(16)25)11-7-10-22(4)5/h8-9,12,17,24-25H,7,10-11H2,1-6H3. The molecule has 1 atom stereocenters. The van der Waals surface area contributed by atoms with Crippen molar-refractivity contribution >= 4 is 11.7 Å². The van der Waals surface area contributed by atoms with Gasteiger partial charge in [-0.1, -0.05) is 26.8 Å². The molecule has 1 aromatic rings. The number of ether oxygens (including phenoxy) is 1. The Labute approximate surface area is 166 Å². The highest BCUT2D eigenvalue weighted by Crippen LogP contribution is 2.42. The Morgan fingerprint density at radius 3 is 2.39 bits per heavy atom. The Kier molecular flexibility index (Phi) is 6.39. The summed E-state index contributed by atoms with van der Waals surface area (Å²) in [6, 6.07) is 4.01. The molecule has 0 bridgehead atoms. The van der Waals surface area contributed by atoms with Crippen LogP contribution in [0.3, 0.4) is 0 Å². The zero-order chi connectivity index (χ0) is 21.2. The number of hydrogen-bond donors (Lipinski definition) is 2. The van der Waals surface area contributed by atoms with Gasteiger partial charge in [-0.05, 0) is 44.8 Å². The first kappa shape index (κ1) is 21.8. The molecule has 1 aliphatic rings. The lowest BCUT2D eigenvalue weighted by Crippen LogP contribution is -2.34. The Hall–Kier alpha value is -2.54. The van der Waals surface area contributed by atoms with Crippen LogP contribution in [0.1, 0.15) is 38.8 Å². The third kappa shape index (κ3) is 4.30. The summed E-state index contributed by atoms with van der Waals surface area (Å²) in [5.74, 6) is -1.16. The maximum absolute atomic E-state index is 13.1. The third-order valence-electron chi connectivity index (χ3n) is 4.75. The first-order valence-corrected chi connectivity index (χ1v) is 9.29. The van der Waals surface area contributed by atoms with E-state index in [1.807, 2.05) is 19.0 Å². The van der Waals surface area contributed by atoms with E-state index in [0.717, 1.165) is 6.54 Å². The minimum absolute atomic E-state index is 0.0759. The van der Waals surface area contributed by atoms with Gasteiger partial charge in [0, 0.05) is 12.0 Å². The van der Waals surface area contributed by atoms with Gasteiger partial charge in [0.2, 0.25) is 0 Å². The third-order valence-corrected chi connectivity index (χ3v) is 4.75. The van der Waals surface area contributed by atoms with Gasteiger partial charge in [0.15, 0.2) is 23.0 Å². The van der Waals surface area contributed by atoms with E-state index in [1.165, 1.54) is 18.1 Å². The fraction of sp³-hybridized carbons (Fsp3) is 0.524. The second-order valence-corrected chi connectivity index (χ2v) is 8.33. The number of aromatic hydroxyl groups is 1. The van der Waals surface area contributed by atoms with Crippen molar-refractivity contribution in [3.8, 4) is 11.5 Å². The number of phenolic OH excluding ortho intramolecular Hbond substituents is 1. The number of phenols is 1. The molecule has 2 N–H and O–H groups in total. The van der Waals surface area contributed by atoms with Crippen LogP contribution in [-0.4, -0.2) is 66.0 Å². The van der Waals surface area contributed by atoms with Crippen molar-refractivity contribution in [2.45, 2.75) is 33.2 Å². The highest BCUT2D eigenvalue weighted by molar-refractivity contribution is 6.10. The molecule has 0 aromatic heterocycles. The number of ketones is 1. The van der Waals surface area contributed by atoms with Gasteiger partial charge in [0.05, 0.1) is 18.7 Å². The molecular formula is C21H30N2O5. The summed E-state index contributed by atoms with van der Waals surface area (Å²) in [5.41, 5.74) is -0.143. The van der Waals surface area contributed by atoms with Gasteiger partial charge < -0.3 is 24.7 Å². The number of aliphatic hydroxyl groups is 1. The number of hydrogen-bond acceptors (Lipinski definition) is 6. The summed E-state index contributed by atoms with van der Waals surface area (Å²) in [7, 11) is 5.33. The Bertz CT molecular complexity index is 792. The van der Waals surface area contributed by atoms with Gasteiger partial charge >= 0.3 is 0 Å². The molecule has 0 spiro atoms. The van der Waals surface area contributed by atoms with Crippen molar-refractivity contribution < 1.29 is 24.5 Å². The van der Waals surface area contributed by atoms with E-state index in [2.05, 4.69) is 0 Å². The van der Waals surface area contributed by atoms with E-state index in [4.69, 9.17) is 4.74 Å². The van der Waals surface area contributed by atoms with Crippen LogP contribution in [0.15, 0.2) is 29.5 Å². The van der Waals surface area contributed by atoms with Crippen LogP contribution in [0.2, 0.25) is 0 Å². The van der Waals surface area contributed by atoms with Crippen molar-refractivity contribution in [2.24, 2.45) is 5.41 Å². The van der Waals surface area contributed by atoms with Crippen LogP contribution >= 0.6 is 0 Å². The predicted octanol–water partition coefficient (Wildman–Crippen LogP) is 2.66. The van der Waals surface area contributed by atoms with Crippen LogP contribution in [0.4, 0.5) is 0 Å². The van der Waals surface area contributed by atoms with Crippen LogP contribution in [0, 0.1) is 5.41 Å². The van der Waals surface area contributed by atoms with Crippen LogP contribution in [0.5, 0.6) is 11.5 Å². The van der Waals surface area contributed by atoms with Crippen molar-refractivity contribution in [2.75, 3.05) is 34.3 Å². The lowest BCUT2D eigenvalue weighted by Gasteiger charge is -2.29. The molecule has 1 amide bonds. The molecule has 7 heteroatoms. The number of carbonyl (C=O) groups is 2. The molecule has 1 unspecified atom stereocenters. The quantitative estimate of drug-likeness (QED) is 0.744. The maximum Gasteiger partial charge on any atom is 0.290 e. The zero-order valence-electron chi connectivity index (χ0n) is 17.4. The van der Waals surface area contributed by atoms with E-state index in [1.54, 1.807) is 32.9 Å². The molecule has 0 fully saturated rings.